The second kappa shape index (κ2) is 9.98. The van der Waals surface area contributed by atoms with E-state index in [1.165, 1.54) is 0 Å². The average Bonchev–Trinajstić information content (AvgIpc) is 3.59. The number of ether oxygens (including phenoxy) is 2. The van der Waals surface area contributed by atoms with Crippen LogP contribution in [0.3, 0.4) is 0 Å². The Morgan fingerprint density at radius 1 is 1.03 bits per heavy atom. The van der Waals surface area contributed by atoms with Crippen LogP contribution in [0.15, 0.2) is 72.9 Å². The summed E-state index contributed by atoms with van der Waals surface area (Å²) >= 11 is 0. The van der Waals surface area contributed by atoms with Gasteiger partial charge in [-0.3, -0.25) is 9.48 Å². The quantitative estimate of drug-likeness (QED) is 0.372. The van der Waals surface area contributed by atoms with E-state index < -0.39 is 0 Å². The zero-order valence-electron chi connectivity index (χ0n) is 20.8. The first-order valence-electron chi connectivity index (χ1n) is 12.3. The third kappa shape index (κ3) is 4.57. The number of hydrogen-bond donors (Lipinski definition) is 1. The zero-order valence-corrected chi connectivity index (χ0v) is 20.8. The third-order valence-electron chi connectivity index (χ3n) is 6.64. The number of carbonyl (C=O) groups is 1. The van der Waals surface area contributed by atoms with Gasteiger partial charge in [-0.2, -0.15) is 5.10 Å². The van der Waals surface area contributed by atoms with Crippen LogP contribution >= 0.6 is 0 Å². The van der Waals surface area contributed by atoms with E-state index in [4.69, 9.17) is 14.6 Å². The lowest BCUT2D eigenvalue weighted by atomic mass is 10.1. The monoisotopic (exact) mass is 510 g/mol. The van der Waals surface area contributed by atoms with E-state index in [1.54, 1.807) is 47.2 Å². The van der Waals surface area contributed by atoms with Crippen molar-refractivity contribution in [2.75, 3.05) is 33.4 Å². The summed E-state index contributed by atoms with van der Waals surface area (Å²) in [4.78, 5) is 14.6. The Kier molecular flexibility index (Phi) is 6.22. The van der Waals surface area contributed by atoms with Crippen molar-refractivity contribution in [3.63, 3.8) is 0 Å². The predicted octanol–water partition coefficient (Wildman–Crippen LogP) is 3.52. The van der Waals surface area contributed by atoms with Crippen LogP contribution in [-0.2, 0) is 11.3 Å². The van der Waals surface area contributed by atoms with Crippen molar-refractivity contribution >= 4 is 16.8 Å². The lowest BCUT2D eigenvalue weighted by molar-refractivity contribution is 0.0303. The molecule has 3 aromatic carbocycles. The van der Waals surface area contributed by atoms with E-state index in [-0.39, 0.29) is 11.7 Å². The van der Waals surface area contributed by atoms with Crippen LogP contribution < -0.4 is 4.74 Å². The molecule has 1 aliphatic rings. The van der Waals surface area contributed by atoms with Crippen LogP contribution in [0.4, 0.5) is 0 Å². The number of hydrogen-bond acceptors (Lipinski definition) is 7. The lowest BCUT2D eigenvalue weighted by Gasteiger charge is -2.26. The highest BCUT2D eigenvalue weighted by molar-refractivity contribution is 5.95. The number of phenols is 1. The molecule has 6 rings (SSSR count). The number of rotatable bonds is 6. The number of benzene rings is 3. The van der Waals surface area contributed by atoms with Gasteiger partial charge in [0.25, 0.3) is 5.91 Å². The van der Waals surface area contributed by atoms with Crippen molar-refractivity contribution in [3.05, 3.63) is 84.1 Å². The van der Waals surface area contributed by atoms with Gasteiger partial charge in [-0.1, -0.05) is 17.3 Å². The van der Waals surface area contributed by atoms with Crippen molar-refractivity contribution in [1.82, 2.24) is 29.7 Å². The summed E-state index contributed by atoms with van der Waals surface area (Å²) in [6.45, 7) is 2.86. The minimum atomic E-state index is -0.00666. The van der Waals surface area contributed by atoms with Gasteiger partial charge >= 0.3 is 0 Å². The average molecular weight is 511 g/mol. The van der Waals surface area contributed by atoms with Gasteiger partial charge in [0, 0.05) is 24.0 Å². The van der Waals surface area contributed by atoms with Crippen LogP contribution in [0.5, 0.6) is 11.5 Å². The van der Waals surface area contributed by atoms with Crippen molar-refractivity contribution in [1.29, 1.82) is 0 Å². The topological polar surface area (TPSA) is 108 Å². The molecule has 192 valence electrons. The summed E-state index contributed by atoms with van der Waals surface area (Å²) < 4.78 is 14.1. The Morgan fingerprint density at radius 3 is 2.53 bits per heavy atom. The maximum Gasteiger partial charge on any atom is 0.254 e. The molecule has 1 saturated heterocycles. The molecule has 38 heavy (non-hydrogen) atoms. The normalized spacial score (nSPS) is 13.7. The molecule has 5 aromatic rings. The molecule has 1 fully saturated rings. The van der Waals surface area contributed by atoms with E-state index >= 15 is 0 Å². The molecular weight excluding hydrogens is 484 g/mol. The number of methoxy groups -OCH3 is 1. The van der Waals surface area contributed by atoms with Gasteiger partial charge in [0.2, 0.25) is 0 Å². The van der Waals surface area contributed by atoms with E-state index in [0.717, 1.165) is 27.9 Å². The first-order valence-corrected chi connectivity index (χ1v) is 12.3. The van der Waals surface area contributed by atoms with E-state index in [2.05, 4.69) is 10.3 Å². The van der Waals surface area contributed by atoms with Gasteiger partial charge in [0.15, 0.2) is 0 Å². The van der Waals surface area contributed by atoms with Gasteiger partial charge in [0.05, 0.1) is 44.3 Å². The van der Waals surface area contributed by atoms with Gasteiger partial charge < -0.3 is 19.5 Å². The summed E-state index contributed by atoms with van der Waals surface area (Å²) in [6, 6.07) is 20.3. The standard InChI is InChI=1S/C28H26N6O4/c1-37-23-9-2-19(3-10-23)17-34-26-11-8-22(35)16-24(26)27(30-34)25-18-33(31-29-25)21-6-4-20(5-7-21)28(36)32-12-14-38-15-13-32/h2-11,16,18,35H,12-15,17H2,1H3. The minimum absolute atomic E-state index is 0.00666. The summed E-state index contributed by atoms with van der Waals surface area (Å²) in [5.41, 5.74) is 4.51. The van der Waals surface area contributed by atoms with E-state index in [9.17, 15) is 9.90 Å². The van der Waals surface area contributed by atoms with Gasteiger partial charge in [0.1, 0.15) is 22.9 Å². The third-order valence-corrected chi connectivity index (χ3v) is 6.64. The number of aromatic nitrogens is 5. The maximum atomic E-state index is 12.8. The van der Waals surface area contributed by atoms with Crippen molar-refractivity contribution in [2.45, 2.75) is 6.54 Å². The molecule has 0 atom stereocenters. The molecule has 2 aromatic heterocycles. The fraction of sp³-hybridized carbons (Fsp3) is 0.214. The summed E-state index contributed by atoms with van der Waals surface area (Å²) in [5.74, 6) is 0.934. The first kappa shape index (κ1) is 23.7. The molecule has 10 nitrogen and oxygen atoms in total. The molecule has 0 radical (unpaired) electrons. The van der Waals surface area contributed by atoms with E-state index in [0.29, 0.717) is 49.8 Å². The first-order chi connectivity index (χ1) is 18.6. The highest BCUT2D eigenvalue weighted by atomic mass is 16.5. The number of carbonyl (C=O) groups excluding carboxylic acids is 1. The van der Waals surface area contributed by atoms with Crippen molar-refractivity contribution < 1.29 is 19.4 Å². The molecule has 0 spiro atoms. The van der Waals surface area contributed by atoms with Gasteiger partial charge in [-0.25, -0.2) is 4.68 Å². The summed E-state index contributed by atoms with van der Waals surface area (Å²) in [5, 5.41) is 24.4. The Hall–Kier alpha value is -4.70. The molecule has 1 aliphatic heterocycles. The SMILES string of the molecule is COc1ccc(Cn2nc(-c3cn(-c4ccc(C(=O)N5CCOCC5)cc4)nn3)c3cc(O)ccc32)cc1. The lowest BCUT2D eigenvalue weighted by Crippen LogP contribution is -2.40. The molecule has 1 N–H and O–H groups in total. The fourth-order valence-electron chi connectivity index (χ4n) is 4.59. The number of phenolic OH excluding ortho intramolecular Hbond substituents is 1. The van der Waals surface area contributed by atoms with Crippen LogP contribution in [-0.4, -0.2) is 74.1 Å². The predicted molar refractivity (Wildman–Crippen MR) is 141 cm³/mol. The van der Waals surface area contributed by atoms with Crippen LogP contribution in [0.2, 0.25) is 0 Å². The molecule has 10 heteroatoms. The Labute approximate surface area is 218 Å². The minimum Gasteiger partial charge on any atom is -0.508 e. The molecule has 0 saturated carbocycles. The van der Waals surface area contributed by atoms with Gasteiger partial charge in [-0.05, 0) is 60.2 Å². The molecule has 1 amide bonds. The number of nitrogens with zero attached hydrogens (tertiary/aromatic N) is 6. The number of morpholine rings is 1. The summed E-state index contributed by atoms with van der Waals surface area (Å²) in [6.07, 6.45) is 1.79. The number of aromatic hydroxyl groups is 1. The smallest absolute Gasteiger partial charge is 0.254 e. The summed E-state index contributed by atoms with van der Waals surface area (Å²) in [7, 11) is 1.64. The highest BCUT2D eigenvalue weighted by Crippen LogP contribution is 2.30. The molecule has 0 bridgehead atoms. The molecular formula is C28H26N6O4. The Bertz CT molecular complexity index is 1580. The highest BCUT2D eigenvalue weighted by Gasteiger charge is 2.19. The fourth-order valence-corrected chi connectivity index (χ4v) is 4.59. The second-order valence-electron chi connectivity index (χ2n) is 9.06. The Balaban J connectivity index is 1.28. The van der Waals surface area contributed by atoms with Crippen LogP contribution in [0.1, 0.15) is 15.9 Å². The molecule has 0 unspecified atom stereocenters. The van der Waals surface area contributed by atoms with Crippen molar-refractivity contribution in [2.24, 2.45) is 0 Å². The van der Waals surface area contributed by atoms with Crippen LogP contribution in [0, 0.1) is 0 Å². The van der Waals surface area contributed by atoms with Crippen LogP contribution in [0.25, 0.3) is 28.0 Å². The molecule has 0 aliphatic carbocycles. The second-order valence-corrected chi connectivity index (χ2v) is 9.06. The largest absolute Gasteiger partial charge is 0.508 e. The maximum absolute atomic E-state index is 12.8. The molecule has 3 heterocycles. The number of amides is 1. The zero-order chi connectivity index (χ0) is 26.1. The Morgan fingerprint density at radius 2 is 1.79 bits per heavy atom. The van der Waals surface area contributed by atoms with E-state index in [1.807, 2.05) is 47.1 Å². The van der Waals surface area contributed by atoms with Gasteiger partial charge in [-0.15, -0.1) is 5.10 Å². The number of fused-ring (bicyclic) bond motifs is 1. The van der Waals surface area contributed by atoms with Crippen molar-refractivity contribution in [3.8, 4) is 28.6 Å².